The van der Waals surface area contributed by atoms with Crippen molar-refractivity contribution >= 4 is 18.3 Å². The predicted octanol–water partition coefficient (Wildman–Crippen LogP) is 2.27. The summed E-state index contributed by atoms with van der Waals surface area (Å²) in [4.78, 5) is 11.5. The SMILES string of the molecule is C[SiH](C)O[SiH]([O])CCCc1ccccc1. The monoisotopic (exact) mass is 239 g/mol. The zero-order chi connectivity index (χ0) is 11.1. The molecule has 0 amide bonds. The summed E-state index contributed by atoms with van der Waals surface area (Å²) in [6, 6.07) is 11.1. The molecule has 1 unspecified atom stereocenters. The molecule has 1 atom stereocenters. The Morgan fingerprint density at radius 3 is 2.47 bits per heavy atom. The Morgan fingerprint density at radius 2 is 1.87 bits per heavy atom. The van der Waals surface area contributed by atoms with Crippen LogP contribution in [0.5, 0.6) is 0 Å². The van der Waals surface area contributed by atoms with Crippen LogP contribution in [0.25, 0.3) is 0 Å². The number of hydrogen-bond donors (Lipinski definition) is 0. The average Bonchev–Trinajstić information content (AvgIpc) is 2.18. The Morgan fingerprint density at radius 1 is 1.20 bits per heavy atom. The van der Waals surface area contributed by atoms with Crippen molar-refractivity contribution in [3.8, 4) is 0 Å². The van der Waals surface area contributed by atoms with Gasteiger partial charge in [0.2, 0.25) is 0 Å². The van der Waals surface area contributed by atoms with E-state index in [9.17, 15) is 4.80 Å². The van der Waals surface area contributed by atoms with E-state index in [1.807, 2.05) is 18.2 Å². The summed E-state index contributed by atoms with van der Waals surface area (Å²) in [5.41, 5.74) is 1.32. The molecule has 1 radical (unpaired) electrons. The second-order valence-corrected chi connectivity index (χ2v) is 8.61. The van der Waals surface area contributed by atoms with Crippen LogP contribution in [0.3, 0.4) is 0 Å². The molecular formula is C11H19O2Si2. The highest BCUT2D eigenvalue weighted by molar-refractivity contribution is 6.60. The number of aryl methyl sites for hydroxylation is 1. The van der Waals surface area contributed by atoms with Crippen LogP contribution in [0.2, 0.25) is 19.1 Å². The second kappa shape index (κ2) is 6.95. The molecule has 0 aliphatic heterocycles. The molecule has 0 N–H and O–H groups in total. The zero-order valence-electron chi connectivity index (χ0n) is 9.48. The maximum absolute atomic E-state index is 11.5. The zero-order valence-corrected chi connectivity index (χ0v) is 11.8. The maximum Gasteiger partial charge on any atom is 0.348 e. The minimum Gasteiger partial charge on any atom is -0.439 e. The third-order valence-corrected chi connectivity index (χ3v) is 6.44. The standard InChI is InChI=1S/C11H19O2Si2/c1-14(2)13-15(12)10-6-9-11-7-4-3-5-8-11/h3-5,7-8,14-15H,6,9-10H2,1-2H3. The van der Waals surface area contributed by atoms with E-state index in [1.165, 1.54) is 5.56 Å². The van der Waals surface area contributed by atoms with E-state index in [-0.39, 0.29) is 0 Å². The fraction of sp³-hybridized carbons (Fsp3) is 0.455. The maximum atomic E-state index is 11.5. The van der Waals surface area contributed by atoms with Gasteiger partial charge in [-0.1, -0.05) is 30.3 Å². The van der Waals surface area contributed by atoms with Crippen molar-refractivity contribution in [2.75, 3.05) is 0 Å². The summed E-state index contributed by atoms with van der Waals surface area (Å²) >= 11 is 0. The van der Waals surface area contributed by atoms with Crippen LogP contribution in [0.4, 0.5) is 0 Å². The molecule has 1 rings (SSSR count). The van der Waals surface area contributed by atoms with Crippen molar-refractivity contribution in [3.63, 3.8) is 0 Å². The molecule has 0 bridgehead atoms. The van der Waals surface area contributed by atoms with Crippen LogP contribution in [0.15, 0.2) is 30.3 Å². The number of rotatable bonds is 6. The van der Waals surface area contributed by atoms with E-state index < -0.39 is 18.3 Å². The Balaban J connectivity index is 2.16. The lowest BCUT2D eigenvalue weighted by atomic mass is 10.1. The first kappa shape index (κ1) is 12.6. The molecule has 0 fully saturated rings. The number of benzene rings is 1. The van der Waals surface area contributed by atoms with Gasteiger partial charge in [-0.3, -0.25) is 4.80 Å². The first-order valence-electron chi connectivity index (χ1n) is 5.53. The van der Waals surface area contributed by atoms with Gasteiger partial charge in [0.1, 0.15) is 0 Å². The Labute approximate surface area is 95.5 Å². The molecule has 1 aromatic rings. The molecular weight excluding hydrogens is 220 g/mol. The molecule has 0 spiro atoms. The van der Waals surface area contributed by atoms with Gasteiger partial charge in [-0.25, -0.2) is 0 Å². The molecule has 2 nitrogen and oxygen atoms in total. The molecule has 0 saturated carbocycles. The first-order chi connectivity index (χ1) is 7.18. The van der Waals surface area contributed by atoms with E-state index in [0.29, 0.717) is 0 Å². The van der Waals surface area contributed by atoms with Gasteiger partial charge in [0, 0.05) is 0 Å². The normalized spacial score (nSPS) is 13.1. The Kier molecular flexibility index (Phi) is 5.86. The van der Waals surface area contributed by atoms with Crippen LogP contribution < -0.4 is 0 Å². The lowest BCUT2D eigenvalue weighted by Gasteiger charge is -2.10. The van der Waals surface area contributed by atoms with Crippen molar-refractivity contribution in [2.24, 2.45) is 0 Å². The smallest absolute Gasteiger partial charge is 0.348 e. The third-order valence-electron chi connectivity index (χ3n) is 2.17. The summed E-state index contributed by atoms with van der Waals surface area (Å²) in [6.45, 7) is 4.13. The molecule has 0 aliphatic rings. The van der Waals surface area contributed by atoms with Crippen LogP contribution in [0.1, 0.15) is 12.0 Å². The highest BCUT2D eigenvalue weighted by atomic mass is 28.4. The highest BCUT2D eigenvalue weighted by Crippen LogP contribution is 2.07. The van der Waals surface area contributed by atoms with Gasteiger partial charge in [-0.05, 0) is 37.5 Å². The minimum atomic E-state index is -2.09. The topological polar surface area (TPSA) is 29.1 Å². The molecule has 4 heteroatoms. The van der Waals surface area contributed by atoms with Crippen molar-refractivity contribution in [1.29, 1.82) is 0 Å². The molecule has 0 aliphatic carbocycles. The minimum absolute atomic E-state index is 0.764. The van der Waals surface area contributed by atoms with Gasteiger partial charge in [-0.2, -0.15) is 0 Å². The molecule has 0 heterocycles. The second-order valence-electron chi connectivity index (χ2n) is 3.99. The van der Waals surface area contributed by atoms with Crippen LogP contribution in [-0.2, 0) is 15.3 Å². The van der Waals surface area contributed by atoms with Crippen LogP contribution >= 0.6 is 0 Å². The summed E-state index contributed by atoms with van der Waals surface area (Å²) in [6.07, 6.45) is 1.99. The van der Waals surface area contributed by atoms with Crippen molar-refractivity contribution in [1.82, 2.24) is 0 Å². The summed E-state index contributed by atoms with van der Waals surface area (Å²) in [5, 5.41) is 0. The van der Waals surface area contributed by atoms with Crippen LogP contribution in [0, 0.1) is 0 Å². The van der Waals surface area contributed by atoms with E-state index >= 15 is 0 Å². The Hall–Kier alpha value is -0.426. The van der Waals surface area contributed by atoms with E-state index in [0.717, 1.165) is 18.9 Å². The van der Waals surface area contributed by atoms with Gasteiger partial charge in [0.15, 0.2) is 9.04 Å². The lowest BCUT2D eigenvalue weighted by molar-refractivity contribution is 0.345. The highest BCUT2D eigenvalue weighted by Gasteiger charge is 2.11. The molecule has 0 saturated heterocycles. The molecule has 0 aromatic heterocycles. The van der Waals surface area contributed by atoms with Crippen LogP contribution in [-0.4, -0.2) is 18.3 Å². The van der Waals surface area contributed by atoms with E-state index in [2.05, 4.69) is 25.2 Å². The van der Waals surface area contributed by atoms with Crippen molar-refractivity contribution < 1.29 is 8.91 Å². The van der Waals surface area contributed by atoms with E-state index in [4.69, 9.17) is 4.12 Å². The fourth-order valence-corrected chi connectivity index (χ4v) is 5.00. The predicted molar refractivity (Wildman–Crippen MR) is 67.4 cm³/mol. The van der Waals surface area contributed by atoms with Gasteiger partial charge in [-0.15, -0.1) is 0 Å². The van der Waals surface area contributed by atoms with Gasteiger partial charge < -0.3 is 4.12 Å². The molecule has 15 heavy (non-hydrogen) atoms. The van der Waals surface area contributed by atoms with Crippen molar-refractivity contribution in [3.05, 3.63) is 35.9 Å². The largest absolute Gasteiger partial charge is 0.439 e. The van der Waals surface area contributed by atoms with Gasteiger partial charge in [0.25, 0.3) is 0 Å². The summed E-state index contributed by atoms with van der Waals surface area (Å²) in [5.74, 6) is 0. The lowest BCUT2D eigenvalue weighted by Crippen LogP contribution is -2.23. The third kappa shape index (κ3) is 5.89. The fourth-order valence-electron chi connectivity index (χ4n) is 1.49. The summed E-state index contributed by atoms with van der Waals surface area (Å²) in [7, 11) is -3.19. The average molecular weight is 239 g/mol. The summed E-state index contributed by atoms with van der Waals surface area (Å²) < 4.78 is 5.41. The van der Waals surface area contributed by atoms with Gasteiger partial charge in [0.05, 0.1) is 0 Å². The number of hydrogen-bond acceptors (Lipinski definition) is 1. The van der Waals surface area contributed by atoms with Gasteiger partial charge >= 0.3 is 9.28 Å². The van der Waals surface area contributed by atoms with E-state index in [1.54, 1.807) is 0 Å². The molecule has 1 aromatic carbocycles. The van der Waals surface area contributed by atoms with Crippen molar-refractivity contribution in [2.45, 2.75) is 32.0 Å². The quantitative estimate of drug-likeness (QED) is 0.700. The Bertz CT molecular complexity index is 265. The first-order valence-corrected chi connectivity index (χ1v) is 10.1. The molecule has 83 valence electrons.